The normalized spacial score (nSPS) is 15.9. The van der Waals surface area contributed by atoms with Crippen molar-refractivity contribution < 1.29 is 9.59 Å². The van der Waals surface area contributed by atoms with Gasteiger partial charge in [0.1, 0.15) is 12.6 Å². The highest BCUT2D eigenvalue weighted by Gasteiger charge is 2.40. The van der Waals surface area contributed by atoms with Gasteiger partial charge in [-0.2, -0.15) is 0 Å². The molecule has 0 spiro atoms. The Bertz CT molecular complexity index is 1470. The van der Waals surface area contributed by atoms with Crippen molar-refractivity contribution in [1.29, 1.82) is 0 Å². The van der Waals surface area contributed by atoms with E-state index in [2.05, 4.69) is 47.1 Å². The molecule has 3 amide bonds. The zero-order valence-electron chi connectivity index (χ0n) is 21.5. The van der Waals surface area contributed by atoms with Crippen molar-refractivity contribution in [3.63, 3.8) is 0 Å². The molecule has 6 nitrogen and oxygen atoms in total. The molecule has 2 aliphatic rings. The van der Waals surface area contributed by atoms with E-state index in [1.807, 2.05) is 71.9 Å². The number of nitrogens with zero attached hydrogens (tertiary/aromatic N) is 3. The average molecular weight is 523 g/mol. The maximum absolute atomic E-state index is 14.2. The van der Waals surface area contributed by atoms with Crippen molar-refractivity contribution in [2.75, 3.05) is 23.0 Å². The summed E-state index contributed by atoms with van der Waals surface area (Å²) >= 11 is 1.66. The van der Waals surface area contributed by atoms with E-state index in [1.54, 1.807) is 16.7 Å². The first-order chi connectivity index (χ1) is 18.5. The number of aromatic nitrogens is 1. The number of hydrogen-bond acceptors (Lipinski definition) is 3. The zero-order valence-corrected chi connectivity index (χ0v) is 22.3. The monoisotopic (exact) mass is 522 g/mol. The van der Waals surface area contributed by atoms with Crippen molar-refractivity contribution in [1.82, 2.24) is 9.47 Å². The summed E-state index contributed by atoms with van der Waals surface area (Å²) in [5.74, 6) is -0.102. The topological polar surface area (TPSA) is 57.6 Å². The van der Waals surface area contributed by atoms with Crippen LogP contribution in [0.25, 0.3) is 5.69 Å². The number of benzene rings is 3. The van der Waals surface area contributed by atoms with Crippen LogP contribution in [0.15, 0.2) is 96.0 Å². The largest absolute Gasteiger partial charge is 0.322 e. The maximum atomic E-state index is 14.2. The number of para-hydroxylation sites is 2. The first-order valence-electron chi connectivity index (χ1n) is 12.9. The molecule has 1 saturated carbocycles. The van der Waals surface area contributed by atoms with Crippen molar-refractivity contribution in [3.05, 3.63) is 108 Å². The average Bonchev–Trinajstić information content (AvgIpc) is 3.66. The molecular weight excluding hydrogens is 492 g/mol. The van der Waals surface area contributed by atoms with Gasteiger partial charge in [-0.3, -0.25) is 9.69 Å². The molecule has 6 rings (SSSR count). The van der Waals surface area contributed by atoms with Crippen LogP contribution in [0.2, 0.25) is 0 Å². The quantitative estimate of drug-likeness (QED) is 0.289. The molecule has 0 saturated heterocycles. The van der Waals surface area contributed by atoms with Gasteiger partial charge in [0.05, 0.1) is 17.1 Å². The number of nitrogens with one attached hydrogen (secondary N) is 1. The number of thioether (sulfide) groups is 1. The van der Waals surface area contributed by atoms with Gasteiger partial charge in [0.15, 0.2) is 0 Å². The zero-order chi connectivity index (χ0) is 26.2. The number of amides is 3. The molecule has 1 aliphatic heterocycles. The summed E-state index contributed by atoms with van der Waals surface area (Å²) in [6.07, 6.45) is 5.89. The van der Waals surface area contributed by atoms with Gasteiger partial charge in [0.25, 0.3) is 0 Å². The third-order valence-corrected chi connectivity index (χ3v) is 8.02. The van der Waals surface area contributed by atoms with Gasteiger partial charge < -0.3 is 14.8 Å². The minimum absolute atomic E-state index is 0.0107. The molecule has 2 heterocycles. The van der Waals surface area contributed by atoms with Gasteiger partial charge in [-0.05, 0) is 80.1 Å². The lowest BCUT2D eigenvalue weighted by Gasteiger charge is -2.39. The van der Waals surface area contributed by atoms with Crippen LogP contribution < -0.4 is 10.2 Å². The molecule has 1 aliphatic carbocycles. The Morgan fingerprint density at radius 3 is 2.32 bits per heavy atom. The summed E-state index contributed by atoms with van der Waals surface area (Å²) in [5.41, 5.74) is 5.76. The Morgan fingerprint density at radius 1 is 0.921 bits per heavy atom. The Hall–Kier alpha value is -3.97. The van der Waals surface area contributed by atoms with Crippen molar-refractivity contribution in [2.24, 2.45) is 0 Å². The molecule has 4 aromatic rings. The molecule has 7 heteroatoms. The first kappa shape index (κ1) is 24.4. The van der Waals surface area contributed by atoms with Gasteiger partial charge in [0.2, 0.25) is 5.91 Å². The predicted molar refractivity (Wildman–Crippen MR) is 153 cm³/mol. The van der Waals surface area contributed by atoms with Gasteiger partial charge in [0, 0.05) is 22.8 Å². The molecule has 1 aromatic heterocycles. The molecule has 3 aromatic carbocycles. The summed E-state index contributed by atoms with van der Waals surface area (Å²) in [5, 5.41) is 3.01. The van der Waals surface area contributed by atoms with E-state index in [0.717, 1.165) is 46.1 Å². The minimum atomic E-state index is -0.295. The van der Waals surface area contributed by atoms with E-state index in [-0.39, 0.29) is 30.6 Å². The summed E-state index contributed by atoms with van der Waals surface area (Å²) in [7, 11) is 0. The maximum Gasteiger partial charge on any atom is 0.322 e. The lowest BCUT2D eigenvalue weighted by atomic mass is 9.97. The number of hydrogen-bond donors (Lipinski definition) is 1. The molecule has 0 bridgehead atoms. The molecular formula is C31H30N4O2S. The molecule has 0 radical (unpaired) electrons. The van der Waals surface area contributed by atoms with Crippen LogP contribution in [0.4, 0.5) is 16.2 Å². The van der Waals surface area contributed by atoms with E-state index in [4.69, 9.17) is 0 Å². The molecule has 1 atom stereocenters. The number of anilines is 2. The van der Waals surface area contributed by atoms with Gasteiger partial charge in [-0.25, -0.2) is 4.79 Å². The fraction of sp³-hybridized carbons (Fsp3) is 0.226. The van der Waals surface area contributed by atoms with Gasteiger partial charge >= 0.3 is 6.03 Å². The van der Waals surface area contributed by atoms with Crippen LogP contribution in [0.1, 0.15) is 35.7 Å². The van der Waals surface area contributed by atoms with Crippen LogP contribution in [-0.2, 0) is 4.79 Å². The minimum Gasteiger partial charge on any atom is -0.316 e. The smallest absolute Gasteiger partial charge is 0.316 e. The second-order valence-corrected chi connectivity index (χ2v) is 10.8. The second-order valence-electron chi connectivity index (χ2n) is 9.89. The molecule has 192 valence electrons. The number of aryl methyl sites for hydroxylation is 1. The lowest BCUT2D eigenvalue weighted by molar-refractivity contribution is -0.119. The molecule has 1 fully saturated rings. The molecule has 1 unspecified atom stereocenters. The van der Waals surface area contributed by atoms with Crippen LogP contribution in [0.5, 0.6) is 0 Å². The van der Waals surface area contributed by atoms with Crippen LogP contribution in [0.3, 0.4) is 0 Å². The standard InChI is InChI=1S/C31H30N4O2S/c1-21-9-11-22(12-10-21)30-28-8-5-19-33(28)26-6-3-4-7-27(26)35(30)29(36)20-34(24-15-16-24)31(37)32-23-13-17-25(38-2)18-14-23/h3-14,17-19,24,30H,15-16,20H2,1-2H3,(H,32,37). The third kappa shape index (κ3) is 4.58. The van der Waals surface area contributed by atoms with Crippen molar-refractivity contribution in [3.8, 4) is 5.69 Å². The number of urea groups is 1. The second kappa shape index (κ2) is 10.1. The fourth-order valence-electron chi connectivity index (χ4n) is 5.17. The summed E-state index contributed by atoms with van der Waals surface area (Å²) in [4.78, 5) is 32.3. The predicted octanol–water partition coefficient (Wildman–Crippen LogP) is 6.64. The Balaban J connectivity index is 1.33. The van der Waals surface area contributed by atoms with Gasteiger partial charge in [-0.1, -0.05) is 42.0 Å². The van der Waals surface area contributed by atoms with Crippen LogP contribution in [-0.4, -0.2) is 40.2 Å². The van der Waals surface area contributed by atoms with E-state index in [9.17, 15) is 9.59 Å². The summed E-state index contributed by atoms with van der Waals surface area (Å²) in [6, 6.07) is 27.7. The highest BCUT2D eigenvalue weighted by molar-refractivity contribution is 7.98. The highest BCUT2D eigenvalue weighted by atomic mass is 32.2. The summed E-state index contributed by atoms with van der Waals surface area (Å²) in [6.45, 7) is 2.07. The Labute approximate surface area is 227 Å². The number of carbonyl (C=O) groups is 2. The Kier molecular flexibility index (Phi) is 6.45. The molecule has 1 N–H and O–H groups in total. The SMILES string of the molecule is CSc1ccc(NC(=O)N(CC(=O)N2c3ccccc3-n3cccc3C2c2ccc(C)cc2)C2CC2)cc1. The van der Waals surface area contributed by atoms with E-state index < -0.39 is 0 Å². The van der Waals surface area contributed by atoms with Crippen molar-refractivity contribution in [2.45, 2.75) is 36.7 Å². The van der Waals surface area contributed by atoms with Crippen LogP contribution >= 0.6 is 11.8 Å². The van der Waals surface area contributed by atoms with Crippen molar-refractivity contribution >= 4 is 35.1 Å². The van der Waals surface area contributed by atoms with E-state index >= 15 is 0 Å². The van der Waals surface area contributed by atoms with E-state index in [1.165, 1.54) is 5.56 Å². The number of fused-ring (bicyclic) bond motifs is 3. The summed E-state index contributed by atoms with van der Waals surface area (Å²) < 4.78 is 2.16. The lowest BCUT2D eigenvalue weighted by Crippen LogP contribution is -2.48. The number of carbonyl (C=O) groups excluding carboxylic acids is 2. The first-order valence-corrected chi connectivity index (χ1v) is 14.1. The van der Waals surface area contributed by atoms with Crippen LogP contribution in [0, 0.1) is 6.92 Å². The Morgan fingerprint density at radius 2 is 1.63 bits per heavy atom. The van der Waals surface area contributed by atoms with E-state index in [0.29, 0.717) is 0 Å². The molecule has 38 heavy (non-hydrogen) atoms. The number of rotatable bonds is 6. The van der Waals surface area contributed by atoms with Gasteiger partial charge in [-0.15, -0.1) is 11.8 Å². The third-order valence-electron chi connectivity index (χ3n) is 7.28. The fourth-order valence-corrected chi connectivity index (χ4v) is 5.58. The highest BCUT2D eigenvalue weighted by Crippen LogP contribution is 2.42.